The fourth-order valence-electron chi connectivity index (χ4n) is 3.64. The summed E-state index contributed by atoms with van der Waals surface area (Å²) in [4.78, 5) is 28.7. The number of aliphatic hydroxyl groups excluding tert-OH is 1. The molecule has 2 atom stereocenters. The maximum absolute atomic E-state index is 12.5. The lowest BCUT2D eigenvalue weighted by Crippen LogP contribution is -2.48. The number of carbonyl (C=O) groups excluding carboxylic acids is 2. The SMILES string of the molecule is CN1CCN(C(=O)c2ccc(CNC(=O)N[C@H]3CCCC[C@@H]3O)cc2)CC1. The highest BCUT2D eigenvalue weighted by Gasteiger charge is 2.24. The summed E-state index contributed by atoms with van der Waals surface area (Å²) in [5, 5.41) is 15.6. The van der Waals surface area contributed by atoms with Crippen molar-refractivity contribution in [1.82, 2.24) is 20.4 Å². The zero-order valence-corrected chi connectivity index (χ0v) is 16.0. The minimum Gasteiger partial charge on any atom is -0.391 e. The van der Waals surface area contributed by atoms with Gasteiger partial charge in [0.25, 0.3) is 5.91 Å². The summed E-state index contributed by atoms with van der Waals surface area (Å²) in [6.07, 6.45) is 3.15. The van der Waals surface area contributed by atoms with Crippen LogP contribution in [0.5, 0.6) is 0 Å². The van der Waals surface area contributed by atoms with Crippen LogP contribution < -0.4 is 10.6 Å². The van der Waals surface area contributed by atoms with Gasteiger partial charge in [0.2, 0.25) is 0 Å². The Balaban J connectivity index is 1.46. The molecule has 7 nitrogen and oxygen atoms in total. The van der Waals surface area contributed by atoms with Gasteiger partial charge in [-0.15, -0.1) is 0 Å². The smallest absolute Gasteiger partial charge is 0.315 e. The molecule has 2 fully saturated rings. The number of likely N-dealkylation sites (N-methyl/N-ethyl adjacent to an activating group) is 1. The zero-order valence-electron chi connectivity index (χ0n) is 16.0. The largest absolute Gasteiger partial charge is 0.391 e. The van der Waals surface area contributed by atoms with E-state index in [9.17, 15) is 14.7 Å². The molecule has 3 rings (SSSR count). The van der Waals surface area contributed by atoms with Crippen molar-refractivity contribution in [2.75, 3.05) is 33.2 Å². The van der Waals surface area contributed by atoms with Crippen LogP contribution in [0.15, 0.2) is 24.3 Å². The normalized spacial score (nSPS) is 23.7. The van der Waals surface area contributed by atoms with Gasteiger partial charge in [-0.1, -0.05) is 25.0 Å². The molecule has 0 spiro atoms. The maximum atomic E-state index is 12.5. The molecule has 1 aromatic carbocycles. The lowest BCUT2D eigenvalue weighted by molar-refractivity contribution is 0.0664. The van der Waals surface area contributed by atoms with E-state index in [0.29, 0.717) is 12.1 Å². The Morgan fingerprint density at radius 1 is 1.07 bits per heavy atom. The second-order valence-electron chi connectivity index (χ2n) is 7.58. The van der Waals surface area contributed by atoms with Gasteiger partial charge < -0.3 is 25.5 Å². The van der Waals surface area contributed by atoms with Gasteiger partial charge in [0.05, 0.1) is 12.1 Å². The van der Waals surface area contributed by atoms with Crippen LogP contribution in [-0.4, -0.2) is 72.2 Å². The molecular weight excluding hydrogens is 344 g/mol. The Kier molecular flexibility index (Phi) is 6.68. The fourth-order valence-corrected chi connectivity index (χ4v) is 3.64. The van der Waals surface area contributed by atoms with E-state index in [1.807, 2.05) is 29.2 Å². The molecule has 1 aliphatic heterocycles. The second-order valence-corrected chi connectivity index (χ2v) is 7.58. The summed E-state index contributed by atoms with van der Waals surface area (Å²) < 4.78 is 0. The Bertz CT molecular complexity index is 641. The van der Waals surface area contributed by atoms with Gasteiger partial charge in [0.1, 0.15) is 0 Å². The van der Waals surface area contributed by atoms with Crippen LogP contribution in [0, 0.1) is 0 Å². The van der Waals surface area contributed by atoms with Crippen molar-refractivity contribution in [3.05, 3.63) is 35.4 Å². The topological polar surface area (TPSA) is 84.9 Å². The highest BCUT2D eigenvalue weighted by Crippen LogP contribution is 2.18. The van der Waals surface area contributed by atoms with Crippen molar-refractivity contribution in [1.29, 1.82) is 0 Å². The third-order valence-electron chi connectivity index (χ3n) is 5.49. The zero-order chi connectivity index (χ0) is 19.2. The summed E-state index contributed by atoms with van der Waals surface area (Å²) in [5.74, 6) is 0.0617. The summed E-state index contributed by atoms with van der Waals surface area (Å²) >= 11 is 0. The number of nitrogens with zero attached hydrogens (tertiary/aromatic N) is 2. The molecule has 1 aromatic rings. The van der Waals surface area contributed by atoms with Gasteiger partial charge in [-0.2, -0.15) is 0 Å². The quantitative estimate of drug-likeness (QED) is 0.739. The van der Waals surface area contributed by atoms with E-state index in [1.165, 1.54) is 0 Å². The van der Waals surface area contributed by atoms with E-state index in [-0.39, 0.29) is 18.0 Å². The molecule has 1 saturated heterocycles. The van der Waals surface area contributed by atoms with Crippen LogP contribution in [0.4, 0.5) is 4.79 Å². The van der Waals surface area contributed by atoms with Crippen molar-refractivity contribution in [3.8, 4) is 0 Å². The molecule has 7 heteroatoms. The Morgan fingerprint density at radius 2 is 1.74 bits per heavy atom. The maximum Gasteiger partial charge on any atom is 0.315 e. The van der Waals surface area contributed by atoms with E-state index in [1.54, 1.807) is 0 Å². The molecular formula is C20H30N4O3. The number of hydrogen-bond acceptors (Lipinski definition) is 4. The molecule has 2 aliphatic rings. The van der Waals surface area contributed by atoms with Crippen molar-refractivity contribution in [2.45, 2.75) is 44.4 Å². The minimum absolute atomic E-state index is 0.0617. The van der Waals surface area contributed by atoms with Crippen LogP contribution in [0.25, 0.3) is 0 Å². The number of rotatable bonds is 4. The second kappa shape index (κ2) is 9.19. The summed E-state index contributed by atoms with van der Waals surface area (Å²) in [7, 11) is 2.06. The van der Waals surface area contributed by atoms with Crippen molar-refractivity contribution in [3.63, 3.8) is 0 Å². The Hall–Kier alpha value is -2.12. The van der Waals surface area contributed by atoms with Crippen molar-refractivity contribution >= 4 is 11.9 Å². The predicted molar refractivity (Wildman–Crippen MR) is 103 cm³/mol. The molecule has 0 radical (unpaired) electrons. The molecule has 0 aromatic heterocycles. The molecule has 0 bridgehead atoms. The minimum atomic E-state index is -0.454. The highest BCUT2D eigenvalue weighted by molar-refractivity contribution is 5.94. The van der Waals surface area contributed by atoms with Gasteiger partial charge in [-0.05, 0) is 37.6 Å². The Morgan fingerprint density at radius 3 is 2.41 bits per heavy atom. The standard InChI is InChI=1S/C20H30N4O3/c1-23-10-12-24(13-11-23)19(26)16-8-6-15(7-9-16)14-21-20(27)22-17-4-2-3-5-18(17)25/h6-9,17-18,25H,2-5,10-14H2,1H3,(H2,21,22,27)/t17-,18-/m0/s1. The summed E-state index contributed by atoms with van der Waals surface area (Å²) in [5.41, 5.74) is 1.61. The third-order valence-corrected chi connectivity index (χ3v) is 5.49. The van der Waals surface area contributed by atoms with Gasteiger partial charge >= 0.3 is 6.03 Å². The number of carbonyl (C=O) groups is 2. The lowest BCUT2D eigenvalue weighted by atomic mass is 9.93. The van der Waals surface area contributed by atoms with Crippen LogP contribution in [-0.2, 0) is 6.54 Å². The first kappa shape index (κ1) is 19.6. The van der Waals surface area contributed by atoms with E-state index in [0.717, 1.165) is 57.4 Å². The van der Waals surface area contributed by atoms with E-state index in [2.05, 4.69) is 22.6 Å². The summed E-state index contributed by atoms with van der Waals surface area (Å²) in [6.45, 7) is 3.70. The molecule has 3 N–H and O–H groups in total. The number of amides is 3. The molecule has 1 heterocycles. The van der Waals surface area contributed by atoms with Gasteiger partial charge in [-0.3, -0.25) is 4.79 Å². The number of benzene rings is 1. The van der Waals surface area contributed by atoms with Gasteiger partial charge in [0.15, 0.2) is 0 Å². The summed E-state index contributed by atoms with van der Waals surface area (Å²) in [6, 6.07) is 6.96. The average molecular weight is 374 g/mol. The van der Waals surface area contributed by atoms with Crippen molar-refractivity contribution < 1.29 is 14.7 Å². The van der Waals surface area contributed by atoms with E-state index >= 15 is 0 Å². The number of nitrogens with one attached hydrogen (secondary N) is 2. The van der Waals surface area contributed by atoms with Crippen molar-refractivity contribution in [2.24, 2.45) is 0 Å². The Labute approximate surface area is 160 Å². The van der Waals surface area contributed by atoms with Crippen LogP contribution in [0.2, 0.25) is 0 Å². The average Bonchev–Trinajstić information content (AvgIpc) is 2.69. The number of urea groups is 1. The predicted octanol–water partition coefficient (Wildman–Crippen LogP) is 1.18. The third kappa shape index (κ3) is 5.43. The van der Waals surface area contributed by atoms with E-state index in [4.69, 9.17) is 0 Å². The molecule has 1 aliphatic carbocycles. The molecule has 148 valence electrons. The molecule has 1 saturated carbocycles. The van der Waals surface area contributed by atoms with Gasteiger partial charge in [0, 0.05) is 38.3 Å². The monoisotopic (exact) mass is 374 g/mol. The van der Waals surface area contributed by atoms with Crippen LogP contribution in [0.3, 0.4) is 0 Å². The van der Waals surface area contributed by atoms with Gasteiger partial charge in [-0.25, -0.2) is 4.79 Å². The first-order valence-electron chi connectivity index (χ1n) is 9.82. The number of hydrogen-bond donors (Lipinski definition) is 3. The first-order chi connectivity index (χ1) is 13.0. The van der Waals surface area contributed by atoms with E-state index < -0.39 is 6.10 Å². The van der Waals surface area contributed by atoms with Crippen LogP contribution >= 0.6 is 0 Å². The molecule has 27 heavy (non-hydrogen) atoms. The lowest BCUT2D eigenvalue weighted by Gasteiger charge is -2.32. The first-order valence-corrected chi connectivity index (χ1v) is 9.82. The molecule has 0 unspecified atom stereocenters. The molecule has 3 amide bonds. The number of piperazine rings is 1. The highest BCUT2D eigenvalue weighted by atomic mass is 16.3. The fraction of sp³-hybridized carbons (Fsp3) is 0.600. The number of aliphatic hydroxyl groups is 1. The van der Waals surface area contributed by atoms with Crippen LogP contribution in [0.1, 0.15) is 41.6 Å².